The van der Waals surface area contributed by atoms with Gasteiger partial charge in [-0.1, -0.05) is 19.1 Å². The third kappa shape index (κ3) is 3.88. The lowest BCUT2D eigenvalue weighted by molar-refractivity contribution is -0.127. The fraction of sp³-hybridized carbons (Fsp3) is 0.684. The summed E-state index contributed by atoms with van der Waals surface area (Å²) in [6.45, 7) is 3.94. The van der Waals surface area contributed by atoms with Crippen LogP contribution >= 0.6 is 0 Å². The molecule has 0 radical (unpaired) electrons. The number of hydrogen-bond donors (Lipinski definition) is 1. The molecule has 1 aliphatic carbocycles. The van der Waals surface area contributed by atoms with Crippen molar-refractivity contribution < 1.29 is 18.3 Å². The molecule has 1 saturated heterocycles. The molecule has 1 saturated carbocycles. The molecule has 5 heteroatoms. The van der Waals surface area contributed by atoms with Crippen molar-refractivity contribution in [2.24, 2.45) is 5.41 Å². The van der Waals surface area contributed by atoms with Crippen molar-refractivity contribution in [3.05, 3.63) is 29.8 Å². The summed E-state index contributed by atoms with van der Waals surface area (Å²) in [6, 6.07) is 6.80. The van der Waals surface area contributed by atoms with Gasteiger partial charge >= 0.3 is 6.18 Å². The number of benzene rings is 1. The molecule has 2 aliphatic rings. The van der Waals surface area contributed by atoms with Gasteiger partial charge in [0.1, 0.15) is 0 Å². The maximum atomic E-state index is 12.4. The van der Waals surface area contributed by atoms with Crippen LogP contribution in [0.25, 0.3) is 0 Å². The van der Waals surface area contributed by atoms with E-state index in [1.165, 1.54) is 0 Å². The third-order valence-electron chi connectivity index (χ3n) is 6.04. The average Bonchev–Trinajstić information content (AvgIpc) is 2.94. The van der Waals surface area contributed by atoms with Crippen LogP contribution in [-0.4, -0.2) is 30.0 Å². The van der Waals surface area contributed by atoms with Crippen LogP contribution in [0.3, 0.4) is 0 Å². The summed E-state index contributed by atoms with van der Waals surface area (Å²) in [6.07, 6.45) is 0.707. The number of nitrogens with zero attached hydrogens (tertiary/aromatic N) is 1. The Hall–Kier alpha value is -1.23. The molecule has 1 aliphatic heterocycles. The van der Waals surface area contributed by atoms with E-state index in [9.17, 15) is 18.3 Å². The maximum absolute atomic E-state index is 12.4. The normalized spacial score (nSPS) is 31.0. The molecular weight excluding hydrogens is 315 g/mol. The molecule has 3 rings (SSSR count). The van der Waals surface area contributed by atoms with E-state index in [-0.39, 0.29) is 5.41 Å². The van der Waals surface area contributed by atoms with Crippen molar-refractivity contribution in [1.82, 2.24) is 0 Å². The molecule has 2 nitrogen and oxygen atoms in total. The number of hydrogen-bond acceptors (Lipinski definition) is 2. The molecule has 1 spiro atoms. The summed E-state index contributed by atoms with van der Waals surface area (Å²) >= 11 is 0. The third-order valence-corrected chi connectivity index (χ3v) is 6.04. The van der Waals surface area contributed by atoms with Crippen molar-refractivity contribution >= 4 is 5.69 Å². The number of anilines is 1. The molecule has 0 atom stereocenters. The van der Waals surface area contributed by atoms with Gasteiger partial charge in [0.05, 0.1) is 12.0 Å². The summed E-state index contributed by atoms with van der Waals surface area (Å²) in [5.41, 5.74) is 1.10. The van der Waals surface area contributed by atoms with Crippen molar-refractivity contribution in [2.45, 2.75) is 63.6 Å². The smallest absolute Gasteiger partial charge is 0.390 e. The predicted molar refractivity (Wildman–Crippen MR) is 89.2 cm³/mol. The van der Waals surface area contributed by atoms with Gasteiger partial charge in [0.25, 0.3) is 0 Å². The van der Waals surface area contributed by atoms with E-state index in [1.54, 1.807) is 12.1 Å². The lowest BCUT2D eigenvalue weighted by Crippen LogP contribution is -2.40. The standard InChI is InChI=1S/C19H26F3NO/c1-2-18(24)9-7-17(8-10-18)11-12-23(14-17)16-5-3-15(4-6-16)13-19(20,21)22/h3-6,24H,2,7-14H2,1H3. The highest BCUT2D eigenvalue weighted by molar-refractivity contribution is 5.49. The van der Waals surface area contributed by atoms with Crippen LogP contribution in [0.5, 0.6) is 0 Å². The first-order valence-electron chi connectivity index (χ1n) is 8.86. The predicted octanol–water partition coefficient (Wildman–Crippen LogP) is 4.70. The number of alkyl halides is 3. The molecule has 134 valence electrons. The molecule has 0 bridgehead atoms. The van der Waals surface area contributed by atoms with E-state index in [0.717, 1.165) is 57.3 Å². The van der Waals surface area contributed by atoms with E-state index < -0.39 is 18.2 Å². The Morgan fingerprint density at radius 2 is 1.67 bits per heavy atom. The SMILES string of the molecule is CCC1(O)CCC2(CCN(c3ccc(CC(F)(F)F)cc3)C2)CC1. The Balaban J connectivity index is 1.62. The minimum absolute atomic E-state index is 0.270. The van der Waals surface area contributed by atoms with Crippen molar-refractivity contribution in [1.29, 1.82) is 0 Å². The fourth-order valence-electron chi connectivity index (χ4n) is 4.22. The van der Waals surface area contributed by atoms with Crippen molar-refractivity contribution in [3.63, 3.8) is 0 Å². The zero-order valence-electron chi connectivity index (χ0n) is 14.2. The van der Waals surface area contributed by atoms with Gasteiger partial charge in [-0.2, -0.15) is 13.2 Å². The van der Waals surface area contributed by atoms with Crippen LogP contribution in [0.1, 0.15) is 51.0 Å². The Kier molecular flexibility index (Phi) is 4.58. The molecule has 24 heavy (non-hydrogen) atoms. The quantitative estimate of drug-likeness (QED) is 0.861. The highest BCUT2D eigenvalue weighted by atomic mass is 19.4. The van der Waals surface area contributed by atoms with Gasteiger partial charge in [0.2, 0.25) is 0 Å². The number of aliphatic hydroxyl groups is 1. The lowest BCUT2D eigenvalue weighted by atomic mass is 9.67. The maximum Gasteiger partial charge on any atom is 0.393 e. The van der Waals surface area contributed by atoms with Gasteiger partial charge in [0.15, 0.2) is 0 Å². The van der Waals surface area contributed by atoms with E-state index >= 15 is 0 Å². The molecule has 0 amide bonds. The minimum Gasteiger partial charge on any atom is -0.390 e. The van der Waals surface area contributed by atoms with Gasteiger partial charge in [-0.3, -0.25) is 0 Å². The molecular formula is C19H26F3NO. The minimum atomic E-state index is -4.16. The van der Waals surface area contributed by atoms with E-state index in [4.69, 9.17) is 0 Å². The monoisotopic (exact) mass is 341 g/mol. The van der Waals surface area contributed by atoms with E-state index in [2.05, 4.69) is 4.90 Å². The molecule has 1 heterocycles. The number of rotatable bonds is 3. The first-order chi connectivity index (χ1) is 11.2. The zero-order chi connectivity index (χ0) is 17.4. The second-order valence-corrected chi connectivity index (χ2v) is 7.71. The highest BCUT2D eigenvalue weighted by Crippen LogP contribution is 2.48. The molecule has 2 fully saturated rings. The summed E-state index contributed by atoms with van der Waals surface area (Å²) in [4.78, 5) is 2.29. The molecule has 1 aromatic carbocycles. The van der Waals surface area contributed by atoms with E-state index in [1.807, 2.05) is 19.1 Å². The number of halogens is 3. The Bertz CT molecular complexity index is 559. The van der Waals surface area contributed by atoms with Crippen LogP contribution in [0.2, 0.25) is 0 Å². The first kappa shape index (κ1) is 17.6. The zero-order valence-corrected chi connectivity index (χ0v) is 14.2. The molecule has 0 unspecified atom stereocenters. The second kappa shape index (κ2) is 6.25. The van der Waals surface area contributed by atoms with Gasteiger partial charge in [-0.25, -0.2) is 0 Å². The summed E-state index contributed by atoms with van der Waals surface area (Å²) in [7, 11) is 0. The van der Waals surface area contributed by atoms with Gasteiger partial charge in [0, 0.05) is 18.8 Å². The summed E-state index contributed by atoms with van der Waals surface area (Å²) in [5.74, 6) is 0. The van der Waals surface area contributed by atoms with Crippen LogP contribution < -0.4 is 4.90 Å². The first-order valence-corrected chi connectivity index (χ1v) is 8.86. The molecule has 0 aromatic heterocycles. The molecule has 1 aromatic rings. The van der Waals surface area contributed by atoms with Crippen LogP contribution in [0, 0.1) is 5.41 Å². The largest absolute Gasteiger partial charge is 0.393 e. The van der Waals surface area contributed by atoms with Gasteiger partial charge < -0.3 is 10.0 Å². The van der Waals surface area contributed by atoms with Gasteiger partial charge in [-0.15, -0.1) is 0 Å². The molecule has 1 N–H and O–H groups in total. The summed E-state index contributed by atoms with van der Waals surface area (Å²) < 4.78 is 37.3. The summed E-state index contributed by atoms with van der Waals surface area (Å²) in [5, 5.41) is 10.4. The highest BCUT2D eigenvalue weighted by Gasteiger charge is 2.44. The lowest BCUT2D eigenvalue weighted by Gasteiger charge is -2.41. The second-order valence-electron chi connectivity index (χ2n) is 7.71. The van der Waals surface area contributed by atoms with Crippen molar-refractivity contribution in [3.8, 4) is 0 Å². The van der Waals surface area contributed by atoms with E-state index in [0.29, 0.717) is 5.56 Å². The van der Waals surface area contributed by atoms with Gasteiger partial charge in [-0.05, 0) is 61.6 Å². The van der Waals surface area contributed by atoms with Crippen LogP contribution in [0.4, 0.5) is 18.9 Å². The average molecular weight is 341 g/mol. The Morgan fingerprint density at radius 3 is 2.21 bits per heavy atom. The Morgan fingerprint density at radius 1 is 1.04 bits per heavy atom. The van der Waals surface area contributed by atoms with Crippen molar-refractivity contribution in [2.75, 3.05) is 18.0 Å². The fourth-order valence-corrected chi connectivity index (χ4v) is 4.22. The topological polar surface area (TPSA) is 23.5 Å². The van der Waals surface area contributed by atoms with Crippen LogP contribution in [0.15, 0.2) is 24.3 Å². The Labute approximate surface area is 141 Å². The van der Waals surface area contributed by atoms with Crippen LogP contribution in [-0.2, 0) is 6.42 Å².